The van der Waals surface area contributed by atoms with E-state index < -0.39 is 11.7 Å². The maximum atomic E-state index is 11.5. The number of benzene rings is 1. The number of hydrogen-bond acceptors (Lipinski definition) is 2. The average molecular weight is 207 g/mol. The molecule has 15 heavy (non-hydrogen) atoms. The molecule has 1 N–H and O–H groups in total. The van der Waals surface area contributed by atoms with Crippen molar-refractivity contribution in [1.29, 1.82) is 0 Å². The van der Waals surface area contributed by atoms with Crippen LogP contribution in [0.25, 0.3) is 0 Å². The van der Waals surface area contributed by atoms with Crippen molar-refractivity contribution in [2.75, 3.05) is 0 Å². The molecular weight excluding hydrogens is 192 g/mol. The molecule has 0 aliphatic carbocycles. The van der Waals surface area contributed by atoms with Crippen LogP contribution in [0, 0.1) is 6.92 Å². The van der Waals surface area contributed by atoms with Gasteiger partial charge in [0.15, 0.2) is 0 Å². The van der Waals surface area contributed by atoms with Gasteiger partial charge in [0.05, 0.1) is 5.56 Å². The molecule has 0 saturated carbocycles. The van der Waals surface area contributed by atoms with Crippen molar-refractivity contribution in [3.63, 3.8) is 0 Å². The molecule has 0 aliphatic heterocycles. The molecule has 0 fully saturated rings. The van der Waals surface area contributed by atoms with Crippen LogP contribution in [0.3, 0.4) is 0 Å². The van der Waals surface area contributed by atoms with E-state index in [9.17, 15) is 9.90 Å². The van der Waals surface area contributed by atoms with E-state index in [1.165, 1.54) is 6.07 Å². The Morgan fingerprint density at radius 2 is 1.87 bits per heavy atom. The van der Waals surface area contributed by atoms with Gasteiger partial charge in [0.1, 0.15) is 0 Å². The predicted octanol–water partition coefficient (Wildman–Crippen LogP) is 2.06. The number of hydrogen-bond donors (Lipinski definition) is 1. The molecule has 0 spiro atoms. The minimum atomic E-state index is -1.16. The Hall–Kier alpha value is -1.51. The first-order valence-corrected chi connectivity index (χ1v) is 4.79. The van der Waals surface area contributed by atoms with Gasteiger partial charge >= 0.3 is 5.97 Å². The van der Waals surface area contributed by atoms with Gasteiger partial charge in [-0.2, -0.15) is 0 Å². The van der Waals surface area contributed by atoms with Crippen molar-refractivity contribution in [3.8, 4) is 5.75 Å². The standard InChI is InChI=1S/C12H16O3/c1-7-5-8(12(2,3)4)6-9(10(7)13)11(14)15/h5-6,13H,1-4H3,(H,14,15)/p-1. The Labute approximate surface area is 89.4 Å². The topological polar surface area (TPSA) is 60.4 Å². The zero-order valence-corrected chi connectivity index (χ0v) is 9.42. The third kappa shape index (κ3) is 2.29. The summed E-state index contributed by atoms with van der Waals surface area (Å²) in [5.74, 6) is -1.55. The van der Waals surface area contributed by atoms with E-state index in [-0.39, 0.29) is 11.0 Å². The van der Waals surface area contributed by atoms with Gasteiger partial charge in [-0.05, 0) is 24.0 Å². The van der Waals surface area contributed by atoms with Crippen LogP contribution in [0.15, 0.2) is 12.1 Å². The maximum Gasteiger partial charge on any atom is 0.335 e. The van der Waals surface area contributed by atoms with Crippen molar-refractivity contribution in [2.24, 2.45) is 0 Å². The van der Waals surface area contributed by atoms with Crippen molar-refractivity contribution >= 4 is 5.97 Å². The van der Waals surface area contributed by atoms with E-state index in [0.29, 0.717) is 5.56 Å². The van der Waals surface area contributed by atoms with Crippen molar-refractivity contribution < 1.29 is 15.0 Å². The van der Waals surface area contributed by atoms with E-state index in [1.807, 2.05) is 20.8 Å². The van der Waals surface area contributed by atoms with Crippen molar-refractivity contribution in [1.82, 2.24) is 0 Å². The van der Waals surface area contributed by atoms with Crippen LogP contribution < -0.4 is 5.11 Å². The summed E-state index contributed by atoms with van der Waals surface area (Å²) in [6.45, 7) is 7.59. The maximum absolute atomic E-state index is 11.5. The molecule has 0 saturated heterocycles. The summed E-state index contributed by atoms with van der Waals surface area (Å²) in [5.41, 5.74) is 1.07. The normalized spacial score (nSPS) is 11.5. The lowest BCUT2D eigenvalue weighted by Crippen LogP contribution is -2.15. The monoisotopic (exact) mass is 207 g/mol. The van der Waals surface area contributed by atoms with E-state index in [4.69, 9.17) is 5.11 Å². The lowest BCUT2D eigenvalue weighted by molar-refractivity contribution is -0.269. The second kappa shape index (κ2) is 3.57. The third-order valence-electron chi connectivity index (χ3n) is 2.37. The molecule has 0 atom stereocenters. The highest BCUT2D eigenvalue weighted by Crippen LogP contribution is 2.29. The zero-order valence-electron chi connectivity index (χ0n) is 9.42. The smallest absolute Gasteiger partial charge is 0.335 e. The molecule has 0 amide bonds. The number of carboxylic acid groups (broad SMARTS) is 1. The summed E-state index contributed by atoms with van der Waals surface area (Å²) in [5, 5.41) is 20.4. The van der Waals surface area contributed by atoms with Gasteiger partial charge in [-0.25, -0.2) is 4.79 Å². The van der Waals surface area contributed by atoms with Crippen molar-refractivity contribution in [2.45, 2.75) is 33.1 Å². The first kappa shape index (κ1) is 11.6. The summed E-state index contributed by atoms with van der Waals surface area (Å²) < 4.78 is 0. The Balaban J connectivity index is 3.43. The lowest BCUT2D eigenvalue weighted by atomic mass is 9.85. The fourth-order valence-corrected chi connectivity index (χ4v) is 1.37. The van der Waals surface area contributed by atoms with Crippen LogP contribution in [0.5, 0.6) is 5.75 Å². The number of carbonyl (C=O) groups is 1. The summed E-state index contributed by atoms with van der Waals surface area (Å²) in [7, 11) is 0. The largest absolute Gasteiger partial charge is 0.872 e. The SMILES string of the molecule is Cc1cc(C(C)(C)C)cc(C(=O)O)c1[O-]. The lowest BCUT2D eigenvalue weighted by Gasteiger charge is -2.23. The molecule has 0 aliphatic rings. The van der Waals surface area contributed by atoms with E-state index in [0.717, 1.165) is 5.56 Å². The van der Waals surface area contributed by atoms with Gasteiger partial charge in [0.25, 0.3) is 0 Å². The fourth-order valence-electron chi connectivity index (χ4n) is 1.37. The minimum Gasteiger partial charge on any atom is -0.872 e. The van der Waals surface area contributed by atoms with Gasteiger partial charge in [-0.1, -0.05) is 38.2 Å². The summed E-state index contributed by atoms with van der Waals surface area (Å²) >= 11 is 0. The van der Waals surface area contributed by atoms with Gasteiger partial charge < -0.3 is 10.2 Å². The highest BCUT2D eigenvalue weighted by Gasteiger charge is 2.17. The molecule has 1 rings (SSSR count). The first-order valence-electron chi connectivity index (χ1n) is 4.79. The minimum absolute atomic E-state index is 0.139. The van der Waals surface area contributed by atoms with Crippen molar-refractivity contribution in [3.05, 3.63) is 28.8 Å². The van der Waals surface area contributed by atoms with Crippen LogP contribution in [-0.4, -0.2) is 11.1 Å². The molecule has 3 heteroatoms. The third-order valence-corrected chi connectivity index (χ3v) is 2.37. The second-order valence-electron chi connectivity index (χ2n) is 4.72. The molecular formula is C12H15O3-. The summed E-state index contributed by atoms with van der Waals surface area (Å²) in [4.78, 5) is 10.9. The first-order chi connectivity index (χ1) is 6.73. The highest BCUT2D eigenvalue weighted by atomic mass is 16.4. The Morgan fingerprint density at radius 3 is 2.27 bits per heavy atom. The highest BCUT2D eigenvalue weighted by molar-refractivity contribution is 5.91. The molecule has 82 valence electrons. The van der Waals surface area contributed by atoms with Crippen LogP contribution in [-0.2, 0) is 5.41 Å². The fraction of sp³-hybridized carbons (Fsp3) is 0.417. The Bertz CT molecular complexity index is 400. The average Bonchev–Trinajstić information content (AvgIpc) is 2.06. The number of aromatic carboxylic acids is 1. The van der Waals surface area contributed by atoms with Crippen LogP contribution >= 0.6 is 0 Å². The van der Waals surface area contributed by atoms with E-state index >= 15 is 0 Å². The number of carboxylic acids is 1. The molecule has 0 unspecified atom stereocenters. The predicted molar refractivity (Wildman–Crippen MR) is 56.3 cm³/mol. The Morgan fingerprint density at radius 1 is 1.33 bits per heavy atom. The zero-order chi connectivity index (χ0) is 11.8. The van der Waals surface area contributed by atoms with Crippen LogP contribution in [0.1, 0.15) is 42.3 Å². The van der Waals surface area contributed by atoms with Gasteiger partial charge in [0.2, 0.25) is 0 Å². The van der Waals surface area contributed by atoms with E-state index in [2.05, 4.69) is 0 Å². The summed E-state index contributed by atoms with van der Waals surface area (Å²) in [6, 6.07) is 3.23. The molecule has 0 heterocycles. The van der Waals surface area contributed by atoms with Crippen LogP contribution in [0.4, 0.5) is 0 Å². The summed E-state index contributed by atoms with van der Waals surface area (Å²) in [6.07, 6.45) is 0. The van der Waals surface area contributed by atoms with Gasteiger partial charge in [-0.15, -0.1) is 0 Å². The van der Waals surface area contributed by atoms with Gasteiger partial charge in [-0.3, -0.25) is 0 Å². The van der Waals surface area contributed by atoms with E-state index in [1.54, 1.807) is 13.0 Å². The molecule has 1 aromatic carbocycles. The molecule has 0 aromatic heterocycles. The molecule has 3 nitrogen and oxygen atoms in total. The second-order valence-corrected chi connectivity index (χ2v) is 4.72. The molecule has 0 bridgehead atoms. The number of aryl methyl sites for hydroxylation is 1. The quantitative estimate of drug-likeness (QED) is 0.766. The number of rotatable bonds is 1. The molecule has 0 radical (unpaired) electrons. The molecule has 1 aromatic rings. The van der Waals surface area contributed by atoms with Gasteiger partial charge in [0, 0.05) is 0 Å². The van der Waals surface area contributed by atoms with Crippen LogP contribution in [0.2, 0.25) is 0 Å². The Kier molecular flexibility index (Phi) is 2.75.